The number of hydrogen-bond donors (Lipinski definition) is 3. The summed E-state index contributed by atoms with van der Waals surface area (Å²) in [6.07, 6.45) is 6.91. The van der Waals surface area contributed by atoms with Crippen LogP contribution in [0.25, 0.3) is 0 Å². The van der Waals surface area contributed by atoms with Gasteiger partial charge in [0.1, 0.15) is 6.04 Å². The van der Waals surface area contributed by atoms with E-state index in [9.17, 15) is 9.59 Å². The van der Waals surface area contributed by atoms with Gasteiger partial charge in [0.05, 0.1) is 0 Å². The van der Waals surface area contributed by atoms with Crippen molar-refractivity contribution in [3.8, 4) is 0 Å². The van der Waals surface area contributed by atoms with Crippen molar-refractivity contribution >= 4 is 23.8 Å². The van der Waals surface area contributed by atoms with Gasteiger partial charge in [0, 0.05) is 11.3 Å². The highest BCUT2D eigenvalue weighted by atomic mass is 32.2. The number of amides is 2. The van der Waals surface area contributed by atoms with E-state index >= 15 is 0 Å². The average molecular weight is 302 g/mol. The molecule has 3 atom stereocenters. The van der Waals surface area contributed by atoms with Crippen molar-refractivity contribution in [3.05, 3.63) is 0 Å². The molecule has 0 bridgehead atoms. The van der Waals surface area contributed by atoms with Crippen molar-refractivity contribution in [2.45, 2.75) is 63.3 Å². The summed E-state index contributed by atoms with van der Waals surface area (Å²) in [6.45, 7) is 3.89. The van der Waals surface area contributed by atoms with E-state index in [2.05, 4.69) is 16.9 Å². The van der Waals surface area contributed by atoms with Crippen molar-refractivity contribution in [1.29, 1.82) is 0 Å². The molecule has 0 aromatic carbocycles. The van der Waals surface area contributed by atoms with Crippen LogP contribution in [0.4, 0.5) is 4.79 Å². The van der Waals surface area contributed by atoms with Crippen LogP contribution in [0.3, 0.4) is 0 Å². The number of hydrogen-bond acceptors (Lipinski definition) is 3. The molecule has 5 nitrogen and oxygen atoms in total. The number of carbonyl (C=O) groups excluding carboxylic acids is 1. The zero-order chi connectivity index (χ0) is 15.1. The van der Waals surface area contributed by atoms with Crippen molar-refractivity contribution in [2.75, 3.05) is 6.26 Å². The average Bonchev–Trinajstić information content (AvgIpc) is 2.37. The summed E-state index contributed by atoms with van der Waals surface area (Å²) < 4.78 is 0. The first kappa shape index (κ1) is 17.1. The number of carboxylic acid groups (broad SMARTS) is 1. The summed E-state index contributed by atoms with van der Waals surface area (Å²) >= 11 is 1.77. The predicted molar refractivity (Wildman–Crippen MR) is 82.1 cm³/mol. The van der Waals surface area contributed by atoms with Crippen molar-refractivity contribution in [2.24, 2.45) is 5.92 Å². The van der Waals surface area contributed by atoms with Gasteiger partial charge in [0.2, 0.25) is 0 Å². The molecule has 0 heterocycles. The van der Waals surface area contributed by atoms with Gasteiger partial charge < -0.3 is 15.7 Å². The molecule has 1 aliphatic rings. The van der Waals surface area contributed by atoms with Gasteiger partial charge in [-0.25, -0.2) is 9.59 Å². The summed E-state index contributed by atoms with van der Waals surface area (Å²) in [5.41, 5.74) is 0. The molecule has 1 rings (SSSR count). The summed E-state index contributed by atoms with van der Waals surface area (Å²) in [7, 11) is 0. The number of rotatable bonds is 6. The van der Waals surface area contributed by atoms with Gasteiger partial charge in [-0.2, -0.15) is 11.8 Å². The second kappa shape index (κ2) is 8.39. The minimum atomic E-state index is -0.973. The van der Waals surface area contributed by atoms with Gasteiger partial charge in [0.25, 0.3) is 0 Å². The molecule has 116 valence electrons. The summed E-state index contributed by atoms with van der Waals surface area (Å²) in [6, 6.07) is -1.03. The van der Waals surface area contributed by atoms with Crippen LogP contribution >= 0.6 is 11.8 Å². The highest BCUT2D eigenvalue weighted by molar-refractivity contribution is 7.99. The first-order valence-electron chi connectivity index (χ1n) is 7.26. The van der Waals surface area contributed by atoms with E-state index in [0.29, 0.717) is 11.7 Å². The van der Waals surface area contributed by atoms with Crippen molar-refractivity contribution in [3.63, 3.8) is 0 Å². The Labute approximate surface area is 125 Å². The Morgan fingerprint density at radius 3 is 2.50 bits per heavy atom. The van der Waals surface area contributed by atoms with E-state index in [4.69, 9.17) is 5.11 Å². The van der Waals surface area contributed by atoms with Gasteiger partial charge in [-0.1, -0.05) is 26.7 Å². The molecule has 3 N–H and O–H groups in total. The molecular weight excluding hydrogens is 276 g/mol. The van der Waals surface area contributed by atoms with E-state index in [1.54, 1.807) is 11.8 Å². The second-order valence-corrected chi connectivity index (χ2v) is 6.88. The second-order valence-electron chi connectivity index (χ2n) is 5.80. The number of carboxylic acids is 1. The molecule has 1 aliphatic carbocycles. The monoisotopic (exact) mass is 302 g/mol. The Morgan fingerprint density at radius 1 is 1.30 bits per heavy atom. The minimum Gasteiger partial charge on any atom is -0.480 e. The van der Waals surface area contributed by atoms with Crippen LogP contribution < -0.4 is 10.6 Å². The molecule has 6 heteroatoms. The number of thioether (sulfide) groups is 1. The van der Waals surface area contributed by atoms with Crippen LogP contribution in [-0.2, 0) is 4.79 Å². The van der Waals surface area contributed by atoms with Crippen molar-refractivity contribution < 1.29 is 14.7 Å². The maximum Gasteiger partial charge on any atom is 0.326 e. The number of aliphatic carboxylic acids is 1. The fourth-order valence-corrected chi connectivity index (χ4v) is 3.54. The Kier molecular flexibility index (Phi) is 7.19. The Balaban J connectivity index is 2.49. The molecule has 0 aliphatic heterocycles. The molecule has 0 spiro atoms. The third-order valence-corrected chi connectivity index (χ3v) is 4.80. The molecule has 1 fully saturated rings. The maximum atomic E-state index is 12.0. The lowest BCUT2D eigenvalue weighted by Crippen LogP contribution is -2.52. The molecule has 0 aromatic rings. The zero-order valence-corrected chi connectivity index (χ0v) is 13.3. The Bertz CT molecular complexity index is 336. The smallest absolute Gasteiger partial charge is 0.326 e. The highest BCUT2D eigenvalue weighted by Gasteiger charge is 2.27. The molecule has 0 aromatic heterocycles. The van der Waals surface area contributed by atoms with Gasteiger partial charge in [-0.05, 0) is 31.4 Å². The molecular formula is C14H26N2O3S. The van der Waals surface area contributed by atoms with E-state index in [1.807, 2.05) is 13.8 Å². The lowest BCUT2D eigenvalue weighted by atomic mass is 9.95. The predicted octanol–water partition coefficient (Wildman–Crippen LogP) is 2.46. The lowest BCUT2D eigenvalue weighted by molar-refractivity contribution is -0.139. The van der Waals surface area contributed by atoms with Gasteiger partial charge in [-0.3, -0.25) is 0 Å². The summed E-state index contributed by atoms with van der Waals surface area (Å²) in [5.74, 6) is -0.746. The van der Waals surface area contributed by atoms with Gasteiger partial charge >= 0.3 is 12.0 Å². The molecule has 2 unspecified atom stereocenters. The molecule has 0 saturated heterocycles. The van der Waals surface area contributed by atoms with Gasteiger partial charge in [0.15, 0.2) is 0 Å². The molecule has 20 heavy (non-hydrogen) atoms. The molecule has 2 amide bonds. The van der Waals surface area contributed by atoms with Crippen LogP contribution in [0.2, 0.25) is 0 Å². The zero-order valence-electron chi connectivity index (χ0n) is 12.5. The van der Waals surface area contributed by atoms with Crippen LogP contribution in [-0.4, -0.2) is 40.7 Å². The highest BCUT2D eigenvalue weighted by Crippen LogP contribution is 2.27. The van der Waals surface area contributed by atoms with Crippen molar-refractivity contribution in [1.82, 2.24) is 10.6 Å². The Morgan fingerprint density at radius 2 is 1.95 bits per heavy atom. The lowest BCUT2D eigenvalue weighted by Gasteiger charge is -2.31. The number of carbonyl (C=O) groups is 2. The SMILES string of the molecule is CSC1CCCCC1NC(=O)N[C@H](CC(C)C)C(=O)O. The van der Waals surface area contributed by atoms with Gasteiger partial charge in [-0.15, -0.1) is 0 Å². The fourth-order valence-electron chi connectivity index (χ4n) is 2.61. The molecule has 1 saturated carbocycles. The maximum absolute atomic E-state index is 12.0. The Hall–Kier alpha value is -0.910. The van der Waals surface area contributed by atoms with Crippen LogP contribution in [0.1, 0.15) is 46.0 Å². The third kappa shape index (κ3) is 5.61. The third-order valence-electron chi connectivity index (χ3n) is 3.63. The van der Waals surface area contributed by atoms with Crippen LogP contribution in [0.15, 0.2) is 0 Å². The molecule has 0 radical (unpaired) electrons. The fraction of sp³-hybridized carbons (Fsp3) is 0.857. The van der Waals surface area contributed by atoms with E-state index in [0.717, 1.165) is 19.3 Å². The van der Waals surface area contributed by atoms with Crippen LogP contribution in [0.5, 0.6) is 0 Å². The summed E-state index contributed by atoms with van der Waals surface area (Å²) in [5, 5.41) is 15.1. The normalized spacial score (nSPS) is 24.2. The largest absolute Gasteiger partial charge is 0.480 e. The van der Waals surface area contributed by atoms with E-state index in [1.165, 1.54) is 6.42 Å². The first-order chi connectivity index (χ1) is 9.43. The first-order valence-corrected chi connectivity index (χ1v) is 8.55. The number of nitrogens with one attached hydrogen (secondary N) is 2. The van der Waals surface area contributed by atoms with E-state index in [-0.39, 0.29) is 18.0 Å². The van der Waals surface area contributed by atoms with E-state index < -0.39 is 12.0 Å². The topological polar surface area (TPSA) is 78.4 Å². The quantitative estimate of drug-likeness (QED) is 0.704. The minimum absolute atomic E-state index is 0.146. The van der Waals surface area contributed by atoms with Crippen LogP contribution in [0, 0.1) is 5.92 Å². The summed E-state index contributed by atoms with van der Waals surface area (Å²) in [4.78, 5) is 23.1. The standard InChI is InChI=1S/C14H26N2O3S/c1-9(2)8-11(13(17)18)16-14(19)15-10-6-4-5-7-12(10)20-3/h9-12H,4-8H2,1-3H3,(H,17,18)(H2,15,16,19)/t10?,11-,12?/m1/s1. The number of urea groups is 1.